The van der Waals surface area contributed by atoms with E-state index in [1.165, 1.54) is 0 Å². The molecule has 5 nitrogen and oxygen atoms in total. The van der Waals surface area contributed by atoms with E-state index < -0.39 is 11.5 Å². The van der Waals surface area contributed by atoms with Crippen LogP contribution in [0.4, 0.5) is 0 Å². The Hall–Kier alpha value is -1.59. The van der Waals surface area contributed by atoms with Crippen molar-refractivity contribution in [3.63, 3.8) is 0 Å². The monoisotopic (exact) mass is 311 g/mol. The van der Waals surface area contributed by atoms with E-state index >= 15 is 0 Å². The van der Waals surface area contributed by atoms with Gasteiger partial charge in [-0.1, -0.05) is 11.6 Å². The van der Waals surface area contributed by atoms with Crippen molar-refractivity contribution in [2.75, 3.05) is 13.2 Å². The first-order valence-corrected chi connectivity index (χ1v) is 7.18. The van der Waals surface area contributed by atoms with Crippen molar-refractivity contribution in [2.24, 2.45) is 0 Å². The lowest BCUT2D eigenvalue weighted by Crippen LogP contribution is -2.53. The molecule has 1 aromatic carbocycles. The Balaban J connectivity index is 2.17. The molecule has 2 N–H and O–H groups in total. The Morgan fingerprint density at radius 2 is 2.05 bits per heavy atom. The van der Waals surface area contributed by atoms with E-state index in [0.717, 1.165) is 5.56 Å². The van der Waals surface area contributed by atoms with Crippen molar-refractivity contribution in [3.05, 3.63) is 34.3 Å². The van der Waals surface area contributed by atoms with Crippen molar-refractivity contribution in [1.82, 2.24) is 5.32 Å². The molecule has 1 amide bonds. The molecule has 1 aromatic rings. The smallest absolute Gasteiger partial charge is 0.305 e. The Morgan fingerprint density at radius 1 is 1.38 bits per heavy atom. The minimum atomic E-state index is -0.926. The number of carbonyl (C=O) groups excluding carboxylic acids is 1. The van der Waals surface area contributed by atoms with Crippen LogP contribution in [0.3, 0.4) is 0 Å². The van der Waals surface area contributed by atoms with Gasteiger partial charge in [0.15, 0.2) is 0 Å². The molecule has 0 saturated carbocycles. The summed E-state index contributed by atoms with van der Waals surface area (Å²) < 4.78 is 5.27. The molecule has 0 aromatic heterocycles. The van der Waals surface area contributed by atoms with Crippen LogP contribution in [0.5, 0.6) is 0 Å². The van der Waals surface area contributed by atoms with E-state index in [1.54, 1.807) is 18.2 Å². The summed E-state index contributed by atoms with van der Waals surface area (Å²) in [6, 6.07) is 5.00. The highest BCUT2D eigenvalue weighted by Crippen LogP contribution is 2.25. The van der Waals surface area contributed by atoms with Crippen LogP contribution in [0.25, 0.3) is 0 Å². The molecule has 0 spiro atoms. The molecule has 0 unspecified atom stereocenters. The summed E-state index contributed by atoms with van der Waals surface area (Å²) in [6.07, 6.45) is 0.893. The van der Waals surface area contributed by atoms with Crippen molar-refractivity contribution in [3.8, 4) is 0 Å². The van der Waals surface area contributed by atoms with Gasteiger partial charge in [-0.3, -0.25) is 9.59 Å². The first-order chi connectivity index (χ1) is 9.92. The summed E-state index contributed by atoms with van der Waals surface area (Å²) in [5.41, 5.74) is 0.547. The maximum atomic E-state index is 12.4. The van der Waals surface area contributed by atoms with Crippen LogP contribution >= 0.6 is 11.6 Å². The van der Waals surface area contributed by atoms with E-state index in [2.05, 4.69) is 5.32 Å². The fourth-order valence-corrected chi connectivity index (χ4v) is 2.61. The summed E-state index contributed by atoms with van der Waals surface area (Å²) in [4.78, 5) is 23.5. The summed E-state index contributed by atoms with van der Waals surface area (Å²) in [5, 5.41) is 12.6. The number of hydrogen-bond acceptors (Lipinski definition) is 3. The van der Waals surface area contributed by atoms with E-state index in [9.17, 15) is 9.59 Å². The number of nitrogens with one attached hydrogen (secondary N) is 1. The molecule has 114 valence electrons. The fourth-order valence-electron chi connectivity index (χ4n) is 2.50. The number of amides is 1. The number of carboxylic acid groups (broad SMARTS) is 1. The maximum Gasteiger partial charge on any atom is 0.305 e. The first-order valence-electron chi connectivity index (χ1n) is 6.80. The molecule has 0 radical (unpaired) electrons. The second-order valence-electron chi connectivity index (χ2n) is 5.38. The zero-order valence-electron chi connectivity index (χ0n) is 11.8. The van der Waals surface area contributed by atoms with E-state index in [1.807, 2.05) is 6.92 Å². The van der Waals surface area contributed by atoms with Gasteiger partial charge in [0.1, 0.15) is 0 Å². The van der Waals surface area contributed by atoms with Gasteiger partial charge in [-0.25, -0.2) is 0 Å². The van der Waals surface area contributed by atoms with Gasteiger partial charge < -0.3 is 15.2 Å². The third-order valence-electron chi connectivity index (χ3n) is 3.74. The minimum absolute atomic E-state index is 0.103. The number of benzene rings is 1. The second-order valence-corrected chi connectivity index (χ2v) is 5.79. The lowest BCUT2D eigenvalue weighted by atomic mass is 9.86. The summed E-state index contributed by atoms with van der Waals surface area (Å²) in [7, 11) is 0. The van der Waals surface area contributed by atoms with E-state index in [4.69, 9.17) is 21.4 Å². The van der Waals surface area contributed by atoms with Crippen LogP contribution in [0.2, 0.25) is 5.02 Å². The summed E-state index contributed by atoms with van der Waals surface area (Å²) in [6.45, 7) is 2.72. The van der Waals surface area contributed by atoms with Crippen molar-refractivity contribution in [2.45, 2.75) is 31.7 Å². The van der Waals surface area contributed by atoms with E-state index in [0.29, 0.717) is 36.6 Å². The van der Waals surface area contributed by atoms with Crippen LogP contribution < -0.4 is 5.32 Å². The van der Waals surface area contributed by atoms with Gasteiger partial charge in [0.05, 0.1) is 12.0 Å². The number of rotatable bonds is 4. The largest absolute Gasteiger partial charge is 0.481 e. The molecule has 1 aliphatic heterocycles. The average Bonchev–Trinajstić information content (AvgIpc) is 2.41. The summed E-state index contributed by atoms with van der Waals surface area (Å²) >= 11 is 5.95. The molecule has 1 heterocycles. The van der Waals surface area contributed by atoms with Crippen LogP contribution in [-0.2, 0) is 9.53 Å². The molecule has 2 rings (SSSR count). The van der Waals surface area contributed by atoms with Gasteiger partial charge in [-0.2, -0.15) is 0 Å². The molecular weight excluding hydrogens is 294 g/mol. The maximum absolute atomic E-state index is 12.4. The molecule has 21 heavy (non-hydrogen) atoms. The van der Waals surface area contributed by atoms with Crippen molar-refractivity contribution < 1.29 is 19.4 Å². The Morgan fingerprint density at radius 3 is 2.62 bits per heavy atom. The Bertz CT molecular complexity index is 553. The first kappa shape index (κ1) is 15.8. The highest BCUT2D eigenvalue weighted by atomic mass is 35.5. The highest BCUT2D eigenvalue weighted by Gasteiger charge is 2.36. The molecule has 6 heteroatoms. The van der Waals surface area contributed by atoms with Crippen LogP contribution in [0.1, 0.15) is 35.2 Å². The fraction of sp³-hybridized carbons (Fsp3) is 0.467. The quantitative estimate of drug-likeness (QED) is 0.895. The minimum Gasteiger partial charge on any atom is -0.481 e. The number of halogens is 1. The molecular formula is C15H18ClNO4. The number of aryl methyl sites for hydroxylation is 1. The van der Waals surface area contributed by atoms with Gasteiger partial charge >= 0.3 is 5.97 Å². The highest BCUT2D eigenvalue weighted by molar-refractivity contribution is 6.31. The molecule has 0 aliphatic carbocycles. The number of hydrogen-bond donors (Lipinski definition) is 2. The molecule has 1 fully saturated rings. The van der Waals surface area contributed by atoms with Crippen LogP contribution in [0.15, 0.2) is 18.2 Å². The zero-order chi connectivity index (χ0) is 15.5. The second kappa shape index (κ2) is 6.45. The number of carbonyl (C=O) groups is 2. The molecule has 1 saturated heterocycles. The Kier molecular flexibility index (Phi) is 4.85. The summed E-state index contributed by atoms with van der Waals surface area (Å²) in [5.74, 6) is -1.21. The molecule has 0 atom stereocenters. The number of aliphatic carboxylic acids is 1. The lowest BCUT2D eigenvalue weighted by molar-refractivity contribution is -0.139. The van der Waals surface area contributed by atoms with Gasteiger partial charge in [0, 0.05) is 23.8 Å². The predicted molar refractivity (Wildman–Crippen MR) is 78.7 cm³/mol. The van der Waals surface area contributed by atoms with Gasteiger partial charge in [0.25, 0.3) is 5.91 Å². The lowest BCUT2D eigenvalue weighted by Gasteiger charge is -2.36. The van der Waals surface area contributed by atoms with Gasteiger partial charge in [-0.15, -0.1) is 0 Å². The number of ether oxygens (including phenoxy) is 1. The predicted octanol–water partition coefficient (Wildman–Crippen LogP) is 2.40. The molecule has 1 aliphatic rings. The standard InChI is InChI=1S/C15H18ClNO4/c1-10-8-11(2-3-12(10)16)14(20)17-15(9-13(18)19)4-6-21-7-5-15/h2-3,8H,4-7,9H2,1H3,(H,17,20)(H,18,19). The van der Waals surface area contributed by atoms with Crippen LogP contribution in [0, 0.1) is 6.92 Å². The topological polar surface area (TPSA) is 75.6 Å². The SMILES string of the molecule is Cc1cc(C(=O)NC2(CC(=O)O)CCOCC2)ccc1Cl. The van der Waals surface area contributed by atoms with Gasteiger partial charge in [-0.05, 0) is 43.5 Å². The molecule has 0 bridgehead atoms. The number of carboxylic acids is 1. The Labute approximate surface area is 128 Å². The third-order valence-corrected chi connectivity index (χ3v) is 4.16. The van der Waals surface area contributed by atoms with Crippen molar-refractivity contribution in [1.29, 1.82) is 0 Å². The van der Waals surface area contributed by atoms with Gasteiger partial charge in [0.2, 0.25) is 0 Å². The van der Waals surface area contributed by atoms with E-state index in [-0.39, 0.29) is 12.3 Å². The van der Waals surface area contributed by atoms with Crippen molar-refractivity contribution >= 4 is 23.5 Å². The average molecular weight is 312 g/mol. The van der Waals surface area contributed by atoms with Crippen LogP contribution in [-0.4, -0.2) is 35.7 Å². The zero-order valence-corrected chi connectivity index (χ0v) is 12.6. The third kappa shape index (κ3) is 3.95. The normalized spacial score (nSPS) is 17.2.